The van der Waals surface area contributed by atoms with Crippen LogP contribution >= 0.6 is 0 Å². The molecule has 0 amide bonds. The quantitative estimate of drug-likeness (QED) is 0.559. The molecule has 1 aliphatic rings. The van der Waals surface area contributed by atoms with Crippen LogP contribution in [0.4, 0.5) is 4.79 Å². The summed E-state index contributed by atoms with van der Waals surface area (Å²) in [4.78, 5) is 20.9. The largest absolute Gasteiger partial charge is 0.508 e. The van der Waals surface area contributed by atoms with Gasteiger partial charge in [0.1, 0.15) is 13.2 Å². The van der Waals surface area contributed by atoms with Crippen molar-refractivity contribution in [3.05, 3.63) is 11.6 Å². The summed E-state index contributed by atoms with van der Waals surface area (Å²) in [5.74, 6) is -0.404. The summed E-state index contributed by atoms with van der Waals surface area (Å²) in [7, 11) is 1.22. The van der Waals surface area contributed by atoms with Gasteiger partial charge in [-0.25, -0.2) is 9.59 Å². The summed E-state index contributed by atoms with van der Waals surface area (Å²) in [5, 5.41) is 0. The number of rotatable bonds is 2. The molecule has 0 spiro atoms. The Labute approximate surface area is 68.9 Å². The van der Waals surface area contributed by atoms with E-state index in [0.29, 0.717) is 5.57 Å². The zero-order valence-corrected chi connectivity index (χ0v) is 6.53. The van der Waals surface area contributed by atoms with Gasteiger partial charge >= 0.3 is 12.1 Å². The van der Waals surface area contributed by atoms with E-state index in [4.69, 9.17) is 0 Å². The molecule has 1 heterocycles. The summed E-state index contributed by atoms with van der Waals surface area (Å²) in [6, 6.07) is 0. The van der Waals surface area contributed by atoms with E-state index in [2.05, 4.69) is 14.2 Å². The molecule has 5 nitrogen and oxygen atoms in total. The Bertz CT molecular complexity index is 230. The molecule has 12 heavy (non-hydrogen) atoms. The first kappa shape index (κ1) is 8.58. The number of carbonyl (C=O) groups is 2. The number of methoxy groups -OCH3 is 1. The number of hydrogen-bond donors (Lipinski definition) is 0. The van der Waals surface area contributed by atoms with Crippen molar-refractivity contribution in [2.75, 3.05) is 20.3 Å². The molecule has 0 fully saturated rings. The van der Waals surface area contributed by atoms with Gasteiger partial charge in [-0.05, 0) is 0 Å². The maximum Gasteiger partial charge on any atom is 0.508 e. The van der Waals surface area contributed by atoms with Gasteiger partial charge in [0.15, 0.2) is 0 Å². The molecule has 0 aromatic rings. The predicted molar refractivity (Wildman–Crippen MR) is 37.4 cm³/mol. The first-order chi connectivity index (χ1) is 5.72. The van der Waals surface area contributed by atoms with Crippen LogP contribution in [0.15, 0.2) is 11.6 Å². The van der Waals surface area contributed by atoms with E-state index >= 15 is 0 Å². The molecule has 0 bridgehead atoms. The maximum atomic E-state index is 10.5. The van der Waals surface area contributed by atoms with Crippen molar-refractivity contribution in [3.63, 3.8) is 0 Å². The van der Waals surface area contributed by atoms with Gasteiger partial charge in [0.25, 0.3) is 0 Å². The fourth-order valence-corrected chi connectivity index (χ4v) is 0.708. The second-order valence-corrected chi connectivity index (χ2v) is 2.15. The molecule has 0 atom stereocenters. The summed E-state index contributed by atoms with van der Waals surface area (Å²) in [6.45, 7) is 0.230. The minimum Gasteiger partial charge on any atom is -0.458 e. The van der Waals surface area contributed by atoms with E-state index in [-0.39, 0.29) is 13.2 Å². The van der Waals surface area contributed by atoms with E-state index in [0.717, 1.165) is 0 Å². The van der Waals surface area contributed by atoms with Gasteiger partial charge in [-0.1, -0.05) is 0 Å². The Balaban J connectivity index is 2.28. The van der Waals surface area contributed by atoms with E-state index in [1.165, 1.54) is 13.2 Å². The molecule has 5 heteroatoms. The molecule has 0 saturated heterocycles. The molecule has 0 saturated carbocycles. The average molecular weight is 172 g/mol. The Hall–Kier alpha value is -1.52. The number of esters is 1. The van der Waals surface area contributed by atoms with Gasteiger partial charge in [0, 0.05) is 11.6 Å². The molecule has 1 aliphatic heterocycles. The highest BCUT2D eigenvalue weighted by atomic mass is 16.7. The first-order valence-electron chi connectivity index (χ1n) is 3.29. The Kier molecular flexibility index (Phi) is 2.68. The van der Waals surface area contributed by atoms with Crippen molar-refractivity contribution < 1.29 is 23.8 Å². The van der Waals surface area contributed by atoms with Crippen LogP contribution in [0.25, 0.3) is 0 Å². The predicted octanol–water partition coefficient (Wildman–Crippen LogP) is 0.253. The van der Waals surface area contributed by atoms with Crippen LogP contribution in [-0.2, 0) is 19.0 Å². The molecule has 66 valence electrons. The van der Waals surface area contributed by atoms with Crippen LogP contribution in [0, 0.1) is 0 Å². The monoisotopic (exact) mass is 172 g/mol. The van der Waals surface area contributed by atoms with Crippen LogP contribution in [0.2, 0.25) is 0 Å². The lowest BCUT2D eigenvalue weighted by molar-refractivity contribution is -0.134. The van der Waals surface area contributed by atoms with Gasteiger partial charge in [0.2, 0.25) is 0 Å². The van der Waals surface area contributed by atoms with Gasteiger partial charge in [-0.2, -0.15) is 0 Å². The van der Waals surface area contributed by atoms with Crippen LogP contribution < -0.4 is 0 Å². The highest BCUT2D eigenvalue weighted by Gasteiger charge is 2.14. The summed E-state index contributed by atoms with van der Waals surface area (Å²) < 4.78 is 13.4. The lowest BCUT2D eigenvalue weighted by Gasteiger charge is -2.01. The minimum atomic E-state index is -0.768. The summed E-state index contributed by atoms with van der Waals surface area (Å²) in [5.41, 5.74) is 0.630. The molecule has 0 aliphatic carbocycles. The second kappa shape index (κ2) is 3.75. The maximum absolute atomic E-state index is 10.5. The van der Waals surface area contributed by atoms with E-state index in [9.17, 15) is 9.59 Å². The Morgan fingerprint density at radius 2 is 2.50 bits per heavy atom. The van der Waals surface area contributed by atoms with Gasteiger partial charge in [0.05, 0.1) is 7.11 Å². The molecular formula is C7H8O5. The fourth-order valence-electron chi connectivity index (χ4n) is 0.708. The van der Waals surface area contributed by atoms with Crippen molar-refractivity contribution in [3.8, 4) is 0 Å². The SMILES string of the molecule is COC(=O)OCC1=CC(=O)OC1. The van der Waals surface area contributed by atoms with Crippen LogP contribution in [0.1, 0.15) is 0 Å². The number of carbonyl (C=O) groups excluding carboxylic acids is 2. The third kappa shape index (κ3) is 2.26. The highest BCUT2D eigenvalue weighted by molar-refractivity contribution is 5.85. The third-order valence-corrected chi connectivity index (χ3v) is 1.26. The zero-order chi connectivity index (χ0) is 8.97. The highest BCUT2D eigenvalue weighted by Crippen LogP contribution is 2.05. The standard InChI is InChI=1S/C7H8O5/c1-10-7(9)12-4-5-2-6(8)11-3-5/h2H,3-4H2,1H3. The number of cyclic esters (lactones) is 1. The van der Waals surface area contributed by atoms with Crippen LogP contribution in [0.5, 0.6) is 0 Å². The molecule has 0 unspecified atom stereocenters. The van der Waals surface area contributed by atoms with Crippen LogP contribution in [-0.4, -0.2) is 32.4 Å². The van der Waals surface area contributed by atoms with E-state index in [1.54, 1.807) is 0 Å². The normalized spacial score (nSPS) is 15.1. The summed E-state index contributed by atoms with van der Waals surface area (Å²) in [6.07, 6.45) is 0.526. The fraction of sp³-hybridized carbons (Fsp3) is 0.429. The zero-order valence-electron chi connectivity index (χ0n) is 6.53. The van der Waals surface area contributed by atoms with Gasteiger partial charge in [-0.3, -0.25) is 0 Å². The molecule has 0 N–H and O–H groups in total. The minimum absolute atomic E-state index is 0.0401. The molecule has 0 radical (unpaired) electrons. The second-order valence-electron chi connectivity index (χ2n) is 2.15. The van der Waals surface area contributed by atoms with Gasteiger partial charge in [-0.15, -0.1) is 0 Å². The third-order valence-electron chi connectivity index (χ3n) is 1.26. The molecule has 0 aromatic carbocycles. The lowest BCUT2D eigenvalue weighted by Crippen LogP contribution is -2.07. The van der Waals surface area contributed by atoms with Crippen molar-refractivity contribution in [1.82, 2.24) is 0 Å². The molecule has 1 rings (SSSR count). The summed E-state index contributed by atoms with van der Waals surface area (Å²) >= 11 is 0. The van der Waals surface area contributed by atoms with Crippen LogP contribution in [0.3, 0.4) is 0 Å². The van der Waals surface area contributed by atoms with Crippen molar-refractivity contribution in [1.29, 1.82) is 0 Å². The smallest absolute Gasteiger partial charge is 0.458 e. The topological polar surface area (TPSA) is 61.8 Å². The van der Waals surface area contributed by atoms with E-state index < -0.39 is 12.1 Å². The molecular weight excluding hydrogens is 164 g/mol. The average Bonchev–Trinajstić information content (AvgIpc) is 2.47. The Morgan fingerprint density at radius 3 is 3.00 bits per heavy atom. The van der Waals surface area contributed by atoms with Crippen molar-refractivity contribution >= 4 is 12.1 Å². The molecule has 0 aromatic heterocycles. The lowest BCUT2D eigenvalue weighted by atomic mass is 10.3. The van der Waals surface area contributed by atoms with Gasteiger partial charge < -0.3 is 14.2 Å². The van der Waals surface area contributed by atoms with Crippen molar-refractivity contribution in [2.24, 2.45) is 0 Å². The number of hydrogen-bond acceptors (Lipinski definition) is 5. The van der Waals surface area contributed by atoms with E-state index in [1.807, 2.05) is 0 Å². The number of ether oxygens (including phenoxy) is 3. The van der Waals surface area contributed by atoms with Crippen molar-refractivity contribution in [2.45, 2.75) is 0 Å². The first-order valence-corrected chi connectivity index (χ1v) is 3.29. The Morgan fingerprint density at radius 1 is 1.75 bits per heavy atom.